The number of benzene rings is 2. The predicted molar refractivity (Wildman–Crippen MR) is 110 cm³/mol. The van der Waals surface area contributed by atoms with Crippen molar-refractivity contribution in [2.45, 2.75) is 13.3 Å². The van der Waals surface area contributed by atoms with Crippen LogP contribution in [0.2, 0.25) is 0 Å². The molecule has 0 spiro atoms. The lowest BCUT2D eigenvalue weighted by atomic mass is 10.1. The number of rotatable bonds is 6. The molecule has 1 N–H and O–H groups in total. The molecular formula is C21H24N4O4. The third-order valence-electron chi connectivity index (χ3n) is 5.03. The third kappa shape index (κ3) is 4.97. The number of aryl methyl sites for hydroxylation is 1. The summed E-state index contributed by atoms with van der Waals surface area (Å²) in [4.78, 5) is 39.3. The molecule has 0 aliphatic carbocycles. The second kappa shape index (κ2) is 9.29. The van der Waals surface area contributed by atoms with Crippen LogP contribution in [0.1, 0.15) is 22.8 Å². The summed E-state index contributed by atoms with van der Waals surface area (Å²) < 4.78 is 0. The molecule has 2 aromatic rings. The van der Waals surface area contributed by atoms with Crippen molar-refractivity contribution in [2.75, 3.05) is 38.0 Å². The van der Waals surface area contributed by atoms with Gasteiger partial charge < -0.3 is 10.2 Å². The molecule has 29 heavy (non-hydrogen) atoms. The third-order valence-corrected chi connectivity index (χ3v) is 5.03. The largest absolute Gasteiger partial charge is 0.336 e. The Hall–Kier alpha value is -3.26. The number of piperazine rings is 1. The fourth-order valence-corrected chi connectivity index (χ4v) is 3.44. The lowest BCUT2D eigenvalue weighted by Crippen LogP contribution is -2.50. The molecule has 1 aliphatic rings. The number of nitrogens with zero attached hydrogens (tertiary/aromatic N) is 3. The molecule has 0 atom stereocenters. The van der Waals surface area contributed by atoms with Crippen LogP contribution in [0.5, 0.6) is 0 Å². The number of carbonyl (C=O) groups excluding carboxylic acids is 2. The molecule has 0 aromatic heterocycles. The van der Waals surface area contributed by atoms with Gasteiger partial charge in [-0.15, -0.1) is 0 Å². The van der Waals surface area contributed by atoms with Crippen molar-refractivity contribution >= 4 is 23.2 Å². The Labute approximate surface area is 169 Å². The topological polar surface area (TPSA) is 95.8 Å². The van der Waals surface area contributed by atoms with Crippen molar-refractivity contribution in [1.82, 2.24) is 9.80 Å². The number of nitrogens with one attached hydrogen (secondary N) is 1. The Balaban J connectivity index is 1.55. The van der Waals surface area contributed by atoms with Crippen LogP contribution in [0, 0.1) is 10.1 Å². The van der Waals surface area contributed by atoms with Crippen LogP contribution in [0.3, 0.4) is 0 Å². The van der Waals surface area contributed by atoms with E-state index in [-0.39, 0.29) is 29.6 Å². The molecule has 1 heterocycles. The van der Waals surface area contributed by atoms with E-state index in [1.165, 1.54) is 12.1 Å². The van der Waals surface area contributed by atoms with Gasteiger partial charge in [0.25, 0.3) is 11.6 Å². The van der Waals surface area contributed by atoms with Gasteiger partial charge in [-0.3, -0.25) is 24.6 Å². The van der Waals surface area contributed by atoms with E-state index >= 15 is 0 Å². The molecule has 0 bridgehead atoms. The van der Waals surface area contributed by atoms with Gasteiger partial charge in [0.05, 0.1) is 11.5 Å². The van der Waals surface area contributed by atoms with Crippen molar-refractivity contribution < 1.29 is 14.5 Å². The van der Waals surface area contributed by atoms with Crippen LogP contribution in [-0.2, 0) is 11.2 Å². The van der Waals surface area contributed by atoms with Crippen LogP contribution >= 0.6 is 0 Å². The number of carbonyl (C=O) groups is 2. The summed E-state index contributed by atoms with van der Waals surface area (Å²) in [5.74, 6) is -0.442. The molecule has 8 heteroatoms. The Morgan fingerprint density at radius 3 is 2.38 bits per heavy atom. The lowest BCUT2D eigenvalue weighted by Gasteiger charge is -2.34. The van der Waals surface area contributed by atoms with E-state index in [1.54, 1.807) is 17.0 Å². The van der Waals surface area contributed by atoms with Gasteiger partial charge in [-0.2, -0.15) is 0 Å². The van der Waals surface area contributed by atoms with Gasteiger partial charge in [0, 0.05) is 37.9 Å². The number of nitro groups is 1. The van der Waals surface area contributed by atoms with Crippen molar-refractivity contribution in [3.8, 4) is 0 Å². The highest BCUT2D eigenvalue weighted by Crippen LogP contribution is 2.20. The Bertz CT molecular complexity index is 907. The molecule has 0 saturated carbocycles. The molecule has 1 fully saturated rings. The van der Waals surface area contributed by atoms with E-state index in [0.29, 0.717) is 26.2 Å². The Morgan fingerprint density at radius 2 is 1.69 bits per heavy atom. The average molecular weight is 396 g/mol. The second-order valence-corrected chi connectivity index (χ2v) is 6.90. The minimum Gasteiger partial charge on any atom is -0.336 e. The molecule has 3 rings (SSSR count). The molecule has 0 radical (unpaired) electrons. The monoisotopic (exact) mass is 396 g/mol. The van der Waals surface area contributed by atoms with Crippen molar-refractivity contribution in [3.63, 3.8) is 0 Å². The summed E-state index contributed by atoms with van der Waals surface area (Å²) >= 11 is 0. The summed E-state index contributed by atoms with van der Waals surface area (Å²) in [6.45, 7) is 4.20. The summed E-state index contributed by atoms with van der Waals surface area (Å²) in [6.07, 6.45) is 0.836. The van der Waals surface area contributed by atoms with E-state index in [0.717, 1.165) is 17.7 Å². The fourth-order valence-electron chi connectivity index (χ4n) is 3.44. The molecule has 2 aromatic carbocycles. The maximum Gasteiger partial charge on any atom is 0.282 e. The summed E-state index contributed by atoms with van der Waals surface area (Å²) in [5, 5.41) is 14.1. The van der Waals surface area contributed by atoms with Crippen LogP contribution in [0.25, 0.3) is 0 Å². The molecule has 1 saturated heterocycles. The minimum atomic E-state index is -0.540. The van der Waals surface area contributed by atoms with Crippen molar-refractivity contribution in [2.24, 2.45) is 0 Å². The fraction of sp³-hybridized carbons (Fsp3) is 0.333. The van der Waals surface area contributed by atoms with Gasteiger partial charge >= 0.3 is 0 Å². The van der Waals surface area contributed by atoms with Crippen LogP contribution in [-0.4, -0.2) is 59.3 Å². The SMILES string of the molecule is CCc1ccccc1NC(=O)CN1CCN(C(=O)c2ccccc2[N+](=O)[O-])CC1. The van der Waals surface area contributed by atoms with E-state index in [2.05, 4.69) is 5.32 Å². The zero-order valence-electron chi connectivity index (χ0n) is 16.3. The second-order valence-electron chi connectivity index (χ2n) is 6.90. The van der Waals surface area contributed by atoms with Crippen LogP contribution in [0.4, 0.5) is 11.4 Å². The van der Waals surface area contributed by atoms with E-state index in [9.17, 15) is 19.7 Å². The first-order valence-corrected chi connectivity index (χ1v) is 9.62. The predicted octanol–water partition coefficient (Wildman–Crippen LogP) is 2.55. The number of hydrogen-bond acceptors (Lipinski definition) is 5. The number of hydrogen-bond donors (Lipinski definition) is 1. The van der Waals surface area contributed by atoms with Crippen molar-refractivity contribution in [3.05, 3.63) is 69.8 Å². The summed E-state index contributed by atoms with van der Waals surface area (Å²) in [5.41, 5.74) is 1.82. The standard InChI is InChI=1S/C21H24N4O4/c1-2-16-7-3-5-9-18(16)22-20(26)15-23-11-13-24(14-12-23)21(27)17-8-4-6-10-19(17)25(28)29/h3-10H,2,11-15H2,1H3,(H,22,26). The highest BCUT2D eigenvalue weighted by Gasteiger charge is 2.27. The number of anilines is 1. The first-order chi connectivity index (χ1) is 14.0. The summed E-state index contributed by atoms with van der Waals surface area (Å²) in [7, 11) is 0. The van der Waals surface area contributed by atoms with Gasteiger partial charge in [0.15, 0.2) is 0 Å². The lowest BCUT2D eigenvalue weighted by molar-refractivity contribution is -0.385. The molecular weight excluding hydrogens is 372 g/mol. The quantitative estimate of drug-likeness (QED) is 0.598. The van der Waals surface area contributed by atoms with Gasteiger partial charge in [0.1, 0.15) is 5.56 Å². The maximum atomic E-state index is 12.7. The van der Waals surface area contributed by atoms with E-state index < -0.39 is 4.92 Å². The first-order valence-electron chi connectivity index (χ1n) is 9.62. The summed E-state index contributed by atoms with van der Waals surface area (Å²) in [6, 6.07) is 13.7. The highest BCUT2D eigenvalue weighted by atomic mass is 16.6. The molecule has 1 aliphatic heterocycles. The smallest absolute Gasteiger partial charge is 0.282 e. The normalized spacial score (nSPS) is 14.4. The number of amides is 2. The first kappa shape index (κ1) is 20.5. The number of nitro benzene ring substituents is 1. The van der Waals surface area contributed by atoms with E-state index in [4.69, 9.17) is 0 Å². The Morgan fingerprint density at radius 1 is 1.03 bits per heavy atom. The van der Waals surface area contributed by atoms with Gasteiger partial charge in [-0.1, -0.05) is 37.3 Å². The maximum absolute atomic E-state index is 12.7. The van der Waals surface area contributed by atoms with Gasteiger partial charge in [-0.05, 0) is 24.1 Å². The zero-order chi connectivity index (χ0) is 20.8. The Kier molecular flexibility index (Phi) is 6.56. The van der Waals surface area contributed by atoms with Crippen LogP contribution in [0.15, 0.2) is 48.5 Å². The average Bonchev–Trinajstić information content (AvgIpc) is 2.74. The van der Waals surface area contributed by atoms with Gasteiger partial charge in [-0.25, -0.2) is 0 Å². The molecule has 2 amide bonds. The number of para-hydroxylation sites is 2. The highest BCUT2D eigenvalue weighted by molar-refractivity contribution is 5.98. The molecule has 8 nitrogen and oxygen atoms in total. The zero-order valence-corrected chi connectivity index (χ0v) is 16.3. The van der Waals surface area contributed by atoms with Crippen molar-refractivity contribution in [1.29, 1.82) is 0 Å². The van der Waals surface area contributed by atoms with E-state index in [1.807, 2.05) is 36.1 Å². The van der Waals surface area contributed by atoms with Gasteiger partial charge in [0.2, 0.25) is 5.91 Å². The van der Waals surface area contributed by atoms with Crippen LogP contribution < -0.4 is 5.32 Å². The molecule has 0 unspecified atom stereocenters. The minimum absolute atomic E-state index is 0.0932. The molecule has 152 valence electrons.